The first kappa shape index (κ1) is 9.70. The lowest BCUT2D eigenvalue weighted by Crippen LogP contribution is -2.30. The van der Waals surface area contributed by atoms with Crippen molar-refractivity contribution in [1.29, 1.82) is 0 Å². The highest BCUT2D eigenvalue weighted by atomic mass is 28.3. The van der Waals surface area contributed by atoms with Gasteiger partial charge in [-0.3, -0.25) is 0 Å². The monoisotopic (exact) mass is 195 g/mol. The maximum absolute atomic E-state index is 3.45. The maximum atomic E-state index is 3.45. The maximum Gasteiger partial charge on any atom is 0.117 e. The quantitative estimate of drug-likeness (QED) is 0.609. The van der Waals surface area contributed by atoms with Gasteiger partial charge in [0.25, 0.3) is 0 Å². The van der Waals surface area contributed by atoms with Gasteiger partial charge in [0.05, 0.1) is 10.4 Å². The summed E-state index contributed by atoms with van der Waals surface area (Å²) in [4.78, 5) is 0. The first-order valence-electron chi connectivity index (χ1n) is 4.37. The summed E-state index contributed by atoms with van der Waals surface area (Å²) in [6, 6.07) is 4.53. The molecule has 3 heteroatoms. The van der Waals surface area contributed by atoms with Gasteiger partial charge in [0.15, 0.2) is 0 Å². The summed E-state index contributed by atoms with van der Waals surface area (Å²) in [6.07, 6.45) is 0. The van der Waals surface area contributed by atoms with E-state index in [4.69, 9.17) is 0 Å². The molecule has 1 rings (SSSR count). The van der Waals surface area contributed by atoms with Crippen molar-refractivity contribution in [3.05, 3.63) is 28.8 Å². The molecule has 0 aliphatic heterocycles. The Morgan fingerprint density at radius 3 is 2.42 bits per heavy atom. The fraction of sp³-hybridized carbons (Fsp3) is 0.333. The summed E-state index contributed by atoms with van der Waals surface area (Å²) in [5, 5.41) is 1.58. The van der Waals surface area contributed by atoms with Crippen LogP contribution in [0.2, 0.25) is 0 Å². The Morgan fingerprint density at radius 1 is 1.17 bits per heavy atom. The van der Waals surface area contributed by atoms with E-state index < -0.39 is 0 Å². The summed E-state index contributed by atoms with van der Waals surface area (Å²) >= 11 is 0. The molecule has 0 spiro atoms. The van der Waals surface area contributed by atoms with Gasteiger partial charge in [-0.2, -0.15) is 0 Å². The van der Waals surface area contributed by atoms with Crippen LogP contribution in [0, 0.1) is 20.8 Å². The molecule has 0 heterocycles. The Hall–Kier alpha value is -0.386. The second-order valence-corrected chi connectivity index (χ2v) is 7.27. The molecule has 1 aromatic carbocycles. The summed E-state index contributed by atoms with van der Waals surface area (Å²) in [5.74, 6) is 0. The van der Waals surface area contributed by atoms with Crippen molar-refractivity contribution in [2.24, 2.45) is 0 Å². The van der Waals surface area contributed by atoms with Gasteiger partial charge >= 0.3 is 0 Å². The van der Waals surface area contributed by atoms with Crippen LogP contribution < -0.4 is 9.83 Å². The molecule has 0 aliphatic rings. The van der Waals surface area contributed by atoms with Gasteiger partial charge in [-0.05, 0) is 42.6 Å². The lowest BCUT2D eigenvalue weighted by molar-refractivity contribution is 1.28. The Kier molecular flexibility index (Phi) is 3.25. The van der Waals surface area contributed by atoms with Crippen LogP contribution in [0.4, 0.5) is 0 Å². The van der Waals surface area contributed by atoms with E-state index in [0.717, 1.165) is 10.4 Å². The summed E-state index contributed by atoms with van der Waals surface area (Å²) in [6.45, 7) is 6.64. The lowest BCUT2D eigenvalue weighted by Gasteiger charge is -2.09. The third kappa shape index (κ3) is 1.85. The molecule has 0 saturated heterocycles. The van der Waals surface area contributed by atoms with Gasteiger partial charge in [-0.25, -0.2) is 0 Å². The summed E-state index contributed by atoms with van der Waals surface area (Å²) < 4.78 is 3.45. The van der Waals surface area contributed by atoms with Crippen LogP contribution in [0.25, 0.3) is 0 Å². The second-order valence-electron chi connectivity index (χ2n) is 3.32. The molecule has 0 amide bonds. The van der Waals surface area contributed by atoms with Crippen molar-refractivity contribution in [2.45, 2.75) is 20.8 Å². The minimum atomic E-state index is -0.156. The topological polar surface area (TPSA) is 12.0 Å². The predicted molar refractivity (Wildman–Crippen MR) is 61.9 cm³/mol. The highest BCUT2D eigenvalue weighted by Crippen LogP contribution is 2.08. The van der Waals surface area contributed by atoms with Gasteiger partial charge in [-0.15, -0.1) is 0 Å². The molecular weight excluding hydrogens is 178 g/mol. The Labute approximate surface area is 80.0 Å². The van der Waals surface area contributed by atoms with Crippen LogP contribution in [-0.4, -0.2) is 20.1 Å². The fourth-order valence-electron chi connectivity index (χ4n) is 1.39. The van der Waals surface area contributed by atoms with E-state index in [2.05, 4.69) is 37.6 Å². The number of benzene rings is 1. The largest absolute Gasteiger partial charge is 0.368 e. The molecule has 1 nitrogen and oxygen atoms in total. The normalized spacial score (nSPS) is 11.6. The molecule has 66 valence electrons. The average Bonchev–Trinajstić information content (AvgIpc) is 2.07. The van der Waals surface area contributed by atoms with Gasteiger partial charge in [-0.1, -0.05) is 12.1 Å². The average molecular weight is 195 g/mol. The van der Waals surface area contributed by atoms with Gasteiger partial charge in [0, 0.05) is 0 Å². The molecule has 0 unspecified atom stereocenters. The SMILES string of the molecule is Cc1ccc([SiH2]N[SiH3])c(C)c1C. The lowest BCUT2D eigenvalue weighted by atomic mass is 10.1. The first-order valence-corrected chi connectivity index (χ1v) is 6.78. The predicted octanol–water partition coefficient (Wildman–Crippen LogP) is -0.809. The van der Waals surface area contributed by atoms with Crippen molar-refractivity contribution in [3.8, 4) is 0 Å². The van der Waals surface area contributed by atoms with Crippen molar-refractivity contribution in [1.82, 2.24) is 4.65 Å². The minimum absolute atomic E-state index is 0.156. The molecule has 0 fully saturated rings. The Morgan fingerprint density at radius 2 is 1.83 bits per heavy atom. The van der Waals surface area contributed by atoms with E-state index in [1.165, 1.54) is 16.7 Å². The van der Waals surface area contributed by atoms with Crippen molar-refractivity contribution in [2.75, 3.05) is 0 Å². The molecule has 0 aliphatic carbocycles. The molecule has 1 aromatic rings. The standard InChI is InChI=1S/C9H17NSi2/c1-6-4-5-9(12-10-11)8(3)7(6)2/h4-5,10H,12H2,1-3,11H3. The van der Waals surface area contributed by atoms with E-state index in [-0.39, 0.29) is 9.68 Å². The first-order chi connectivity index (χ1) is 5.66. The van der Waals surface area contributed by atoms with Crippen LogP contribution >= 0.6 is 0 Å². The zero-order chi connectivity index (χ0) is 9.14. The number of hydrogen-bond acceptors (Lipinski definition) is 1. The van der Waals surface area contributed by atoms with E-state index in [9.17, 15) is 0 Å². The number of hydrogen-bond donors (Lipinski definition) is 1. The van der Waals surface area contributed by atoms with Crippen LogP contribution in [0.5, 0.6) is 0 Å². The van der Waals surface area contributed by atoms with Crippen LogP contribution in [0.1, 0.15) is 16.7 Å². The van der Waals surface area contributed by atoms with Gasteiger partial charge < -0.3 is 4.65 Å². The van der Waals surface area contributed by atoms with E-state index in [1.807, 2.05) is 0 Å². The smallest absolute Gasteiger partial charge is 0.117 e. The van der Waals surface area contributed by atoms with Crippen LogP contribution in [-0.2, 0) is 0 Å². The van der Waals surface area contributed by atoms with Crippen LogP contribution in [0.15, 0.2) is 12.1 Å². The van der Waals surface area contributed by atoms with Gasteiger partial charge in [0.1, 0.15) is 9.68 Å². The number of nitrogens with one attached hydrogen (secondary N) is 1. The second kappa shape index (κ2) is 4.02. The molecule has 0 bridgehead atoms. The van der Waals surface area contributed by atoms with E-state index in [1.54, 1.807) is 5.19 Å². The molecule has 0 atom stereocenters. The molecule has 0 radical (unpaired) electrons. The van der Waals surface area contributed by atoms with Crippen molar-refractivity contribution >= 4 is 25.3 Å². The summed E-state index contributed by atoms with van der Waals surface area (Å²) in [7, 11) is 0.974. The molecule has 1 N–H and O–H groups in total. The third-order valence-electron chi connectivity index (χ3n) is 2.54. The third-order valence-corrected chi connectivity index (χ3v) is 5.10. The molecule has 0 saturated carbocycles. The van der Waals surface area contributed by atoms with Gasteiger partial charge in [0.2, 0.25) is 0 Å². The highest BCUT2D eigenvalue weighted by Gasteiger charge is 2.01. The molecular formula is C9H17NSi2. The Balaban J connectivity index is 3.08. The number of aryl methyl sites for hydroxylation is 1. The van der Waals surface area contributed by atoms with E-state index in [0.29, 0.717) is 0 Å². The van der Waals surface area contributed by atoms with E-state index >= 15 is 0 Å². The minimum Gasteiger partial charge on any atom is -0.368 e. The fourth-order valence-corrected chi connectivity index (χ4v) is 3.68. The van der Waals surface area contributed by atoms with Crippen LogP contribution in [0.3, 0.4) is 0 Å². The Bertz CT molecular complexity index is 284. The molecule has 12 heavy (non-hydrogen) atoms. The number of rotatable bonds is 2. The summed E-state index contributed by atoms with van der Waals surface area (Å²) in [5.41, 5.74) is 4.39. The molecule has 0 aromatic heterocycles. The van der Waals surface area contributed by atoms with Crippen molar-refractivity contribution < 1.29 is 0 Å². The zero-order valence-corrected chi connectivity index (χ0v) is 11.8. The highest BCUT2D eigenvalue weighted by molar-refractivity contribution is 6.57. The zero-order valence-electron chi connectivity index (χ0n) is 8.36. The van der Waals surface area contributed by atoms with Crippen molar-refractivity contribution in [3.63, 3.8) is 0 Å².